The summed E-state index contributed by atoms with van der Waals surface area (Å²) in [6.07, 6.45) is 4.94. The van der Waals surface area contributed by atoms with Crippen molar-refractivity contribution in [2.24, 2.45) is 0 Å². The fourth-order valence-corrected chi connectivity index (χ4v) is 4.45. The van der Waals surface area contributed by atoms with Gasteiger partial charge >= 0.3 is 0 Å². The number of ketones is 1. The van der Waals surface area contributed by atoms with Crippen molar-refractivity contribution in [3.63, 3.8) is 0 Å². The van der Waals surface area contributed by atoms with Gasteiger partial charge in [-0.05, 0) is 55.3 Å². The second-order valence-electron chi connectivity index (χ2n) is 6.08. The van der Waals surface area contributed by atoms with Crippen molar-refractivity contribution in [1.29, 1.82) is 0 Å². The van der Waals surface area contributed by atoms with Gasteiger partial charge in [0.05, 0.1) is 12.0 Å². The van der Waals surface area contributed by atoms with Crippen molar-refractivity contribution >= 4 is 21.9 Å². The van der Waals surface area contributed by atoms with E-state index in [0.717, 1.165) is 18.4 Å². The Morgan fingerprint density at radius 2 is 1.69 bits per heavy atom. The third-order valence-corrected chi connectivity index (χ3v) is 6.31. The minimum Gasteiger partial charge on any atom is -0.496 e. The summed E-state index contributed by atoms with van der Waals surface area (Å²) in [5, 5.41) is 0. The number of hydrogen-bond acceptors (Lipinski definition) is 4. The van der Waals surface area contributed by atoms with Crippen molar-refractivity contribution in [3.05, 3.63) is 65.7 Å². The number of nitrogens with zero attached hydrogens (tertiary/aromatic N) is 1. The first-order valence-electron chi connectivity index (χ1n) is 8.48. The maximum Gasteiger partial charge on any atom is 0.243 e. The van der Waals surface area contributed by atoms with Crippen LogP contribution in [0, 0.1) is 0 Å². The van der Waals surface area contributed by atoms with Gasteiger partial charge in [0.25, 0.3) is 0 Å². The number of sulfonamides is 1. The smallest absolute Gasteiger partial charge is 0.243 e. The third-order valence-electron chi connectivity index (χ3n) is 4.39. The number of carbonyl (C=O) groups is 1. The number of para-hydroxylation sites is 1. The summed E-state index contributed by atoms with van der Waals surface area (Å²) in [4.78, 5) is 12.6. The molecule has 0 bridgehead atoms. The van der Waals surface area contributed by atoms with Crippen LogP contribution in [0.3, 0.4) is 0 Å². The number of benzene rings is 2. The maximum atomic E-state index is 12.5. The van der Waals surface area contributed by atoms with Crippen LogP contribution >= 0.6 is 0 Å². The van der Waals surface area contributed by atoms with Crippen LogP contribution in [0.2, 0.25) is 0 Å². The highest BCUT2D eigenvalue weighted by atomic mass is 32.2. The average Bonchev–Trinajstić information content (AvgIpc) is 3.22. The standard InChI is InChI=1S/C20H21NO4S/c1-25-20-7-3-2-6-17(20)10-13-19(22)16-8-11-18(12-9-16)26(23,24)21-14-4-5-15-21/h2-3,6-13H,4-5,14-15H2,1H3/b13-10+. The van der Waals surface area contributed by atoms with Gasteiger partial charge < -0.3 is 4.74 Å². The molecule has 1 fully saturated rings. The molecule has 2 aromatic carbocycles. The lowest BCUT2D eigenvalue weighted by atomic mass is 10.1. The molecule has 26 heavy (non-hydrogen) atoms. The maximum absolute atomic E-state index is 12.5. The van der Waals surface area contributed by atoms with Crippen LogP contribution in [0.4, 0.5) is 0 Å². The Kier molecular flexibility index (Phi) is 5.54. The summed E-state index contributed by atoms with van der Waals surface area (Å²) in [5.41, 5.74) is 1.24. The summed E-state index contributed by atoms with van der Waals surface area (Å²) in [5.74, 6) is 0.490. The topological polar surface area (TPSA) is 63.7 Å². The van der Waals surface area contributed by atoms with Crippen molar-refractivity contribution in [2.45, 2.75) is 17.7 Å². The second-order valence-corrected chi connectivity index (χ2v) is 8.01. The van der Waals surface area contributed by atoms with Gasteiger partial charge in [-0.2, -0.15) is 4.31 Å². The van der Waals surface area contributed by atoms with Gasteiger partial charge in [-0.25, -0.2) is 8.42 Å². The predicted molar refractivity (Wildman–Crippen MR) is 101 cm³/mol. The number of ether oxygens (including phenoxy) is 1. The fourth-order valence-electron chi connectivity index (χ4n) is 2.93. The van der Waals surface area contributed by atoms with Crippen LogP contribution in [0.15, 0.2) is 59.5 Å². The molecule has 6 heteroatoms. The normalized spacial score (nSPS) is 15.4. The predicted octanol–water partition coefficient (Wildman–Crippen LogP) is 3.38. The van der Waals surface area contributed by atoms with E-state index < -0.39 is 10.0 Å². The van der Waals surface area contributed by atoms with E-state index in [9.17, 15) is 13.2 Å². The van der Waals surface area contributed by atoms with E-state index in [-0.39, 0.29) is 10.7 Å². The first-order valence-corrected chi connectivity index (χ1v) is 9.92. The zero-order valence-corrected chi connectivity index (χ0v) is 15.4. The first kappa shape index (κ1) is 18.4. The Labute approximate surface area is 154 Å². The summed E-state index contributed by atoms with van der Waals surface area (Å²) in [7, 11) is -1.88. The fraction of sp³-hybridized carbons (Fsp3) is 0.250. The molecule has 1 heterocycles. The Hall–Kier alpha value is -2.44. The highest BCUT2D eigenvalue weighted by Crippen LogP contribution is 2.22. The number of carbonyl (C=O) groups excluding carboxylic acids is 1. The molecule has 136 valence electrons. The third kappa shape index (κ3) is 3.86. The average molecular weight is 371 g/mol. The van der Waals surface area contributed by atoms with Gasteiger partial charge in [0.15, 0.2) is 5.78 Å². The van der Waals surface area contributed by atoms with Crippen LogP contribution in [0.5, 0.6) is 5.75 Å². The van der Waals surface area contributed by atoms with Crippen LogP contribution in [-0.4, -0.2) is 38.7 Å². The monoisotopic (exact) mass is 371 g/mol. The molecule has 3 rings (SSSR count). The molecule has 1 aliphatic heterocycles. The lowest BCUT2D eigenvalue weighted by Crippen LogP contribution is -2.27. The van der Waals surface area contributed by atoms with E-state index >= 15 is 0 Å². The number of methoxy groups -OCH3 is 1. The molecule has 0 radical (unpaired) electrons. The van der Waals surface area contributed by atoms with Gasteiger partial charge in [-0.15, -0.1) is 0 Å². The Morgan fingerprint density at radius 3 is 2.35 bits per heavy atom. The lowest BCUT2D eigenvalue weighted by molar-refractivity contribution is 0.104. The lowest BCUT2D eigenvalue weighted by Gasteiger charge is -2.15. The molecule has 0 saturated carbocycles. The van der Waals surface area contributed by atoms with Gasteiger partial charge in [0.1, 0.15) is 5.75 Å². The highest BCUT2D eigenvalue weighted by Gasteiger charge is 2.27. The van der Waals surface area contributed by atoms with Gasteiger partial charge in [0, 0.05) is 24.2 Å². The number of allylic oxidation sites excluding steroid dienone is 1. The molecule has 0 aliphatic carbocycles. The molecule has 0 unspecified atom stereocenters. The minimum absolute atomic E-state index is 0.193. The van der Waals surface area contributed by atoms with E-state index in [0.29, 0.717) is 24.4 Å². The van der Waals surface area contributed by atoms with Crippen LogP contribution in [-0.2, 0) is 10.0 Å². The van der Waals surface area contributed by atoms with Crippen LogP contribution < -0.4 is 4.74 Å². The Bertz CT molecular complexity index is 911. The van der Waals surface area contributed by atoms with Gasteiger partial charge in [-0.3, -0.25) is 4.79 Å². The van der Waals surface area contributed by atoms with Crippen molar-refractivity contribution in [2.75, 3.05) is 20.2 Å². The summed E-state index contributed by atoms with van der Waals surface area (Å²) in [6.45, 7) is 1.12. The van der Waals surface area contributed by atoms with Crippen molar-refractivity contribution in [3.8, 4) is 5.75 Å². The zero-order chi connectivity index (χ0) is 18.6. The van der Waals surface area contributed by atoms with E-state index in [4.69, 9.17) is 4.74 Å². The van der Waals surface area contributed by atoms with Crippen LogP contribution in [0.1, 0.15) is 28.8 Å². The molecule has 0 N–H and O–H groups in total. The summed E-state index contributed by atoms with van der Waals surface area (Å²) in [6, 6.07) is 13.5. The molecule has 0 atom stereocenters. The molecule has 0 aromatic heterocycles. The van der Waals surface area contributed by atoms with Crippen molar-refractivity contribution in [1.82, 2.24) is 4.31 Å². The molecule has 0 amide bonds. The van der Waals surface area contributed by atoms with Gasteiger partial charge in [-0.1, -0.05) is 18.2 Å². The highest BCUT2D eigenvalue weighted by molar-refractivity contribution is 7.89. The molecule has 1 aliphatic rings. The first-order chi connectivity index (χ1) is 12.5. The number of rotatable bonds is 6. The van der Waals surface area contributed by atoms with Gasteiger partial charge in [0.2, 0.25) is 10.0 Å². The minimum atomic E-state index is -3.46. The van der Waals surface area contributed by atoms with E-state index in [1.807, 2.05) is 24.3 Å². The Morgan fingerprint density at radius 1 is 1.04 bits per heavy atom. The van der Waals surface area contributed by atoms with Crippen LogP contribution in [0.25, 0.3) is 6.08 Å². The van der Waals surface area contributed by atoms with E-state index in [1.165, 1.54) is 22.5 Å². The second kappa shape index (κ2) is 7.85. The molecule has 2 aromatic rings. The van der Waals surface area contributed by atoms with E-state index in [2.05, 4.69) is 0 Å². The SMILES string of the molecule is COc1ccccc1/C=C/C(=O)c1ccc(S(=O)(=O)N2CCCC2)cc1. The summed E-state index contributed by atoms with van der Waals surface area (Å²) >= 11 is 0. The Balaban J connectivity index is 1.76. The molecule has 0 spiro atoms. The molecular weight excluding hydrogens is 350 g/mol. The van der Waals surface area contributed by atoms with E-state index in [1.54, 1.807) is 25.3 Å². The molecule has 1 saturated heterocycles. The number of hydrogen-bond donors (Lipinski definition) is 0. The van der Waals surface area contributed by atoms with Crippen molar-refractivity contribution < 1.29 is 17.9 Å². The zero-order valence-electron chi connectivity index (χ0n) is 14.6. The quantitative estimate of drug-likeness (QED) is 0.577. The molecule has 5 nitrogen and oxygen atoms in total. The largest absolute Gasteiger partial charge is 0.496 e. The molecular formula is C20H21NO4S. The summed E-state index contributed by atoms with van der Waals surface area (Å²) < 4.78 is 31.8.